The zero-order valence-corrected chi connectivity index (χ0v) is 21.0. The Morgan fingerprint density at radius 3 is 1.81 bits per heavy atom. The van der Waals surface area contributed by atoms with E-state index in [1.54, 1.807) is 62.8 Å². The number of nitrogens with one attached hydrogen (secondary N) is 2. The Kier molecular flexibility index (Phi) is 8.02. The lowest BCUT2D eigenvalue weighted by Crippen LogP contribution is -2.48. The first-order valence-electron chi connectivity index (χ1n) is 11.5. The van der Waals surface area contributed by atoms with Gasteiger partial charge in [-0.15, -0.1) is 0 Å². The van der Waals surface area contributed by atoms with Crippen LogP contribution in [-0.4, -0.2) is 62.2 Å². The quantitative estimate of drug-likeness (QED) is 0.494. The number of piperazine rings is 1. The van der Waals surface area contributed by atoms with Crippen molar-refractivity contribution in [2.75, 3.05) is 50.6 Å². The SMILES string of the molecule is COc1ccc(C(=O)NC(=S)Nc2ccc(N3CCN(C(=O)c4ccc(OC)cc4)CC3)cc2)cc1. The van der Waals surface area contributed by atoms with Crippen molar-refractivity contribution in [3.63, 3.8) is 0 Å². The lowest BCUT2D eigenvalue weighted by atomic mass is 10.1. The van der Waals surface area contributed by atoms with Crippen molar-refractivity contribution in [1.29, 1.82) is 0 Å². The van der Waals surface area contributed by atoms with Gasteiger partial charge >= 0.3 is 0 Å². The summed E-state index contributed by atoms with van der Waals surface area (Å²) in [5.41, 5.74) is 2.98. The van der Waals surface area contributed by atoms with E-state index >= 15 is 0 Å². The van der Waals surface area contributed by atoms with Gasteiger partial charge in [0.05, 0.1) is 14.2 Å². The zero-order chi connectivity index (χ0) is 25.5. The lowest BCUT2D eigenvalue weighted by molar-refractivity contribution is 0.0746. The summed E-state index contributed by atoms with van der Waals surface area (Å²) in [7, 11) is 3.18. The fourth-order valence-corrected chi connectivity index (χ4v) is 4.13. The number of carbonyl (C=O) groups is 2. The minimum absolute atomic E-state index is 0.0297. The van der Waals surface area contributed by atoms with E-state index in [1.807, 2.05) is 29.2 Å². The van der Waals surface area contributed by atoms with Crippen LogP contribution in [-0.2, 0) is 0 Å². The highest BCUT2D eigenvalue weighted by Gasteiger charge is 2.22. The van der Waals surface area contributed by atoms with Crippen LogP contribution < -0.4 is 25.0 Å². The number of ether oxygens (including phenoxy) is 2. The van der Waals surface area contributed by atoms with Gasteiger partial charge < -0.3 is 24.6 Å². The van der Waals surface area contributed by atoms with E-state index in [0.717, 1.165) is 30.2 Å². The molecule has 36 heavy (non-hydrogen) atoms. The van der Waals surface area contributed by atoms with Gasteiger partial charge in [0.2, 0.25) is 0 Å². The Labute approximate surface area is 215 Å². The van der Waals surface area contributed by atoms with E-state index in [4.69, 9.17) is 21.7 Å². The third-order valence-corrected chi connectivity index (χ3v) is 6.18. The highest BCUT2D eigenvalue weighted by molar-refractivity contribution is 7.80. The lowest BCUT2D eigenvalue weighted by Gasteiger charge is -2.36. The van der Waals surface area contributed by atoms with E-state index in [0.29, 0.717) is 30.0 Å². The van der Waals surface area contributed by atoms with Crippen LogP contribution in [0.4, 0.5) is 11.4 Å². The Morgan fingerprint density at radius 2 is 1.28 bits per heavy atom. The standard InChI is InChI=1S/C27H28N4O4S/c1-34-23-11-3-19(4-12-23)25(32)29-27(36)28-21-7-9-22(10-8-21)30-15-17-31(18-16-30)26(33)20-5-13-24(35-2)14-6-20/h3-14H,15-18H2,1-2H3,(H2,28,29,32,36). The predicted molar refractivity (Wildman–Crippen MR) is 144 cm³/mol. The smallest absolute Gasteiger partial charge is 0.257 e. The van der Waals surface area contributed by atoms with Gasteiger partial charge in [-0.2, -0.15) is 0 Å². The third kappa shape index (κ3) is 6.11. The number of hydrogen-bond donors (Lipinski definition) is 2. The molecule has 0 bridgehead atoms. The van der Waals surface area contributed by atoms with Gasteiger partial charge in [-0.3, -0.25) is 14.9 Å². The van der Waals surface area contributed by atoms with E-state index in [1.165, 1.54) is 0 Å². The summed E-state index contributed by atoms with van der Waals surface area (Å²) in [6.45, 7) is 2.77. The number of methoxy groups -OCH3 is 2. The second kappa shape index (κ2) is 11.5. The average molecular weight is 505 g/mol. The van der Waals surface area contributed by atoms with Gasteiger partial charge in [0, 0.05) is 48.7 Å². The van der Waals surface area contributed by atoms with E-state index < -0.39 is 0 Å². The molecular formula is C27H28N4O4S. The number of thiocarbonyl (C=S) groups is 1. The first-order valence-corrected chi connectivity index (χ1v) is 11.9. The maximum Gasteiger partial charge on any atom is 0.257 e. The highest BCUT2D eigenvalue weighted by atomic mass is 32.1. The van der Waals surface area contributed by atoms with Crippen molar-refractivity contribution in [2.45, 2.75) is 0 Å². The number of amides is 2. The normalized spacial score (nSPS) is 13.1. The summed E-state index contributed by atoms with van der Waals surface area (Å²) < 4.78 is 10.3. The number of carbonyl (C=O) groups excluding carboxylic acids is 2. The summed E-state index contributed by atoms with van der Waals surface area (Å²) >= 11 is 5.29. The molecule has 186 valence electrons. The molecule has 0 spiro atoms. The summed E-state index contributed by atoms with van der Waals surface area (Å²) in [6.07, 6.45) is 0. The van der Waals surface area contributed by atoms with E-state index in [-0.39, 0.29) is 16.9 Å². The molecule has 0 atom stereocenters. The van der Waals surface area contributed by atoms with E-state index in [2.05, 4.69) is 15.5 Å². The fraction of sp³-hybridized carbons (Fsp3) is 0.222. The molecule has 0 aromatic heterocycles. The van der Waals surface area contributed by atoms with Gasteiger partial charge in [-0.25, -0.2) is 0 Å². The van der Waals surface area contributed by atoms with Crippen LogP contribution in [0, 0.1) is 0 Å². The topological polar surface area (TPSA) is 83.1 Å². The number of anilines is 2. The molecule has 0 radical (unpaired) electrons. The first-order chi connectivity index (χ1) is 17.5. The van der Waals surface area contributed by atoms with Crippen LogP contribution in [0.2, 0.25) is 0 Å². The largest absolute Gasteiger partial charge is 0.497 e. The third-order valence-electron chi connectivity index (χ3n) is 5.97. The van der Waals surface area contributed by atoms with Crippen LogP contribution in [0.15, 0.2) is 72.8 Å². The van der Waals surface area contributed by atoms with Crippen LogP contribution >= 0.6 is 12.2 Å². The second-order valence-electron chi connectivity index (χ2n) is 8.19. The molecule has 1 aliphatic rings. The second-order valence-corrected chi connectivity index (χ2v) is 8.60. The van der Waals surface area contributed by atoms with Crippen molar-refractivity contribution in [1.82, 2.24) is 10.2 Å². The van der Waals surface area contributed by atoms with Crippen molar-refractivity contribution < 1.29 is 19.1 Å². The molecule has 1 heterocycles. The van der Waals surface area contributed by atoms with Crippen molar-refractivity contribution in [3.05, 3.63) is 83.9 Å². The Morgan fingerprint density at radius 1 is 0.750 bits per heavy atom. The molecule has 1 saturated heterocycles. The van der Waals surface area contributed by atoms with Crippen LogP contribution in [0.3, 0.4) is 0 Å². The van der Waals surface area contributed by atoms with Gasteiger partial charge in [0.1, 0.15) is 11.5 Å². The van der Waals surface area contributed by atoms with Crippen molar-refractivity contribution >= 4 is 40.5 Å². The molecular weight excluding hydrogens is 476 g/mol. The molecule has 4 rings (SSSR count). The number of benzene rings is 3. The molecule has 1 aliphatic heterocycles. The van der Waals surface area contributed by atoms with Gasteiger partial charge in [0.25, 0.3) is 11.8 Å². The molecule has 0 saturated carbocycles. The molecule has 2 amide bonds. The Bertz CT molecular complexity index is 1210. The molecule has 0 aliphatic carbocycles. The Balaban J connectivity index is 1.26. The van der Waals surface area contributed by atoms with Gasteiger partial charge in [-0.1, -0.05) is 0 Å². The number of rotatable bonds is 6. The summed E-state index contributed by atoms with van der Waals surface area (Å²) in [5.74, 6) is 1.14. The molecule has 8 nitrogen and oxygen atoms in total. The minimum Gasteiger partial charge on any atom is -0.497 e. The molecule has 9 heteroatoms. The first kappa shape index (κ1) is 25.0. The highest BCUT2D eigenvalue weighted by Crippen LogP contribution is 2.21. The maximum atomic E-state index is 12.8. The van der Waals surface area contributed by atoms with Gasteiger partial charge in [0.15, 0.2) is 5.11 Å². The van der Waals surface area contributed by atoms with Crippen LogP contribution in [0.1, 0.15) is 20.7 Å². The molecule has 3 aromatic carbocycles. The predicted octanol–water partition coefficient (Wildman–Crippen LogP) is 3.79. The maximum absolute atomic E-state index is 12.8. The van der Waals surface area contributed by atoms with E-state index in [9.17, 15) is 9.59 Å². The number of hydrogen-bond acceptors (Lipinski definition) is 6. The molecule has 2 N–H and O–H groups in total. The zero-order valence-electron chi connectivity index (χ0n) is 20.2. The molecule has 1 fully saturated rings. The van der Waals surface area contributed by atoms with Gasteiger partial charge in [-0.05, 0) is 85.0 Å². The number of nitrogens with zero attached hydrogens (tertiary/aromatic N) is 2. The van der Waals surface area contributed by atoms with Crippen molar-refractivity contribution in [3.8, 4) is 11.5 Å². The minimum atomic E-state index is -0.297. The summed E-state index contributed by atoms with van der Waals surface area (Å²) in [5, 5.41) is 5.94. The average Bonchev–Trinajstić information content (AvgIpc) is 2.93. The summed E-state index contributed by atoms with van der Waals surface area (Å²) in [6, 6.07) is 21.8. The Hall–Kier alpha value is -4.11. The molecule has 3 aromatic rings. The fourth-order valence-electron chi connectivity index (χ4n) is 3.92. The monoisotopic (exact) mass is 504 g/mol. The van der Waals surface area contributed by atoms with Crippen molar-refractivity contribution in [2.24, 2.45) is 0 Å². The van der Waals surface area contributed by atoms with Crippen LogP contribution in [0.25, 0.3) is 0 Å². The molecule has 0 unspecified atom stereocenters. The summed E-state index contributed by atoms with van der Waals surface area (Å²) in [4.78, 5) is 29.3. The van der Waals surface area contributed by atoms with Crippen LogP contribution in [0.5, 0.6) is 11.5 Å².